The van der Waals surface area contributed by atoms with E-state index in [1.807, 2.05) is 13.2 Å². The summed E-state index contributed by atoms with van der Waals surface area (Å²) in [5, 5.41) is 12.2. The van der Waals surface area contributed by atoms with Gasteiger partial charge < -0.3 is 5.32 Å². The third kappa shape index (κ3) is 2.67. The Balaban J connectivity index is 1.67. The number of hydrogen-bond donors (Lipinski definition) is 1. The Labute approximate surface area is 136 Å². The third-order valence-electron chi connectivity index (χ3n) is 3.49. The maximum atomic E-state index is 13.7. The first-order valence-electron chi connectivity index (χ1n) is 7.23. The van der Waals surface area contributed by atoms with Gasteiger partial charge in [-0.05, 0) is 6.07 Å². The summed E-state index contributed by atoms with van der Waals surface area (Å²) in [6, 6.07) is 3.36. The molecule has 4 aromatic rings. The summed E-state index contributed by atoms with van der Waals surface area (Å²) in [6.07, 6.45) is 8.23. The average Bonchev–Trinajstić information content (AvgIpc) is 3.16. The van der Waals surface area contributed by atoms with Crippen LogP contribution in [0.5, 0.6) is 0 Å². The summed E-state index contributed by atoms with van der Waals surface area (Å²) in [4.78, 5) is 12.4. The molecule has 0 radical (unpaired) electrons. The lowest BCUT2D eigenvalue weighted by Crippen LogP contribution is -2.06. The van der Waals surface area contributed by atoms with Gasteiger partial charge in [-0.2, -0.15) is 19.6 Å². The van der Waals surface area contributed by atoms with Crippen LogP contribution in [-0.4, -0.2) is 34.5 Å². The largest absolute Gasteiger partial charge is 0.321 e. The molecule has 0 saturated carbocycles. The molecule has 1 N–H and O–H groups in total. The van der Waals surface area contributed by atoms with Gasteiger partial charge in [-0.3, -0.25) is 4.68 Å². The molecule has 0 bridgehead atoms. The highest BCUT2D eigenvalue weighted by atomic mass is 19.1. The van der Waals surface area contributed by atoms with Gasteiger partial charge in [0, 0.05) is 31.2 Å². The third-order valence-corrected chi connectivity index (χ3v) is 3.49. The number of aryl methyl sites for hydroxylation is 1. The van der Waals surface area contributed by atoms with Crippen molar-refractivity contribution in [2.24, 2.45) is 7.05 Å². The first-order chi connectivity index (χ1) is 11.7. The highest BCUT2D eigenvalue weighted by molar-refractivity contribution is 5.75. The standard InChI is InChI=1S/C15H13FN8/c1-23-9-12(7-19-23)21-15-18-5-11-6-20-24(14(11)22-15)8-10-3-2-4-17-13(10)16/h2-7,9H,8H2,1H3,(H,18,21,22). The summed E-state index contributed by atoms with van der Waals surface area (Å²) < 4.78 is 17.0. The Morgan fingerprint density at radius 3 is 2.88 bits per heavy atom. The number of hydrogen-bond acceptors (Lipinski definition) is 6. The van der Waals surface area contributed by atoms with Crippen molar-refractivity contribution in [2.75, 3.05) is 5.32 Å². The predicted octanol–water partition coefficient (Wildman–Crippen LogP) is 1.89. The van der Waals surface area contributed by atoms with Crippen molar-refractivity contribution in [1.82, 2.24) is 34.5 Å². The molecule has 0 amide bonds. The number of aromatic nitrogens is 7. The van der Waals surface area contributed by atoms with Crippen LogP contribution in [-0.2, 0) is 13.6 Å². The molecule has 8 nitrogen and oxygen atoms in total. The summed E-state index contributed by atoms with van der Waals surface area (Å²) in [5.41, 5.74) is 1.84. The normalized spacial score (nSPS) is 11.1. The predicted molar refractivity (Wildman–Crippen MR) is 85.1 cm³/mol. The minimum Gasteiger partial charge on any atom is -0.321 e. The van der Waals surface area contributed by atoms with E-state index >= 15 is 0 Å². The van der Waals surface area contributed by atoms with Crippen molar-refractivity contribution in [3.63, 3.8) is 0 Å². The molecule has 0 fully saturated rings. The van der Waals surface area contributed by atoms with Gasteiger partial charge in [-0.15, -0.1) is 0 Å². The van der Waals surface area contributed by atoms with Crippen LogP contribution in [0, 0.1) is 5.95 Å². The van der Waals surface area contributed by atoms with E-state index in [9.17, 15) is 4.39 Å². The molecule has 0 aromatic carbocycles. The van der Waals surface area contributed by atoms with Crippen molar-refractivity contribution in [3.05, 3.63) is 54.6 Å². The fraction of sp³-hybridized carbons (Fsp3) is 0.133. The highest BCUT2D eigenvalue weighted by Gasteiger charge is 2.10. The van der Waals surface area contributed by atoms with E-state index in [1.165, 1.54) is 6.20 Å². The fourth-order valence-corrected chi connectivity index (χ4v) is 2.36. The molecule has 0 aliphatic rings. The van der Waals surface area contributed by atoms with Crippen LogP contribution >= 0.6 is 0 Å². The minimum atomic E-state index is -0.510. The minimum absolute atomic E-state index is 0.243. The smallest absolute Gasteiger partial charge is 0.229 e. The number of nitrogens with one attached hydrogen (secondary N) is 1. The molecule has 0 aliphatic heterocycles. The lowest BCUT2D eigenvalue weighted by molar-refractivity contribution is 0.552. The SMILES string of the molecule is Cn1cc(Nc2ncc3cnn(Cc4cccnc4F)c3n2)cn1. The van der Waals surface area contributed by atoms with Crippen LogP contribution in [0.25, 0.3) is 11.0 Å². The van der Waals surface area contributed by atoms with Gasteiger partial charge in [-0.1, -0.05) is 6.07 Å². The Morgan fingerprint density at radius 1 is 1.17 bits per heavy atom. The highest BCUT2D eigenvalue weighted by Crippen LogP contribution is 2.17. The van der Waals surface area contributed by atoms with Crippen LogP contribution in [0.3, 0.4) is 0 Å². The van der Waals surface area contributed by atoms with E-state index in [4.69, 9.17) is 0 Å². The van der Waals surface area contributed by atoms with E-state index in [2.05, 4.69) is 30.5 Å². The maximum Gasteiger partial charge on any atom is 0.229 e. The fourth-order valence-electron chi connectivity index (χ4n) is 2.36. The average molecular weight is 324 g/mol. The second-order valence-corrected chi connectivity index (χ2v) is 5.26. The number of anilines is 2. The zero-order chi connectivity index (χ0) is 16.5. The van der Waals surface area contributed by atoms with Crippen molar-refractivity contribution in [2.45, 2.75) is 6.54 Å². The second-order valence-electron chi connectivity index (χ2n) is 5.26. The first kappa shape index (κ1) is 14.2. The van der Waals surface area contributed by atoms with Crippen molar-refractivity contribution in [3.8, 4) is 0 Å². The van der Waals surface area contributed by atoms with E-state index in [-0.39, 0.29) is 6.54 Å². The Bertz CT molecular complexity index is 1010. The van der Waals surface area contributed by atoms with Gasteiger partial charge in [0.15, 0.2) is 5.65 Å². The van der Waals surface area contributed by atoms with E-state index in [0.29, 0.717) is 17.2 Å². The number of halogens is 1. The van der Waals surface area contributed by atoms with Crippen molar-refractivity contribution in [1.29, 1.82) is 0 Å². The molecule has 0 unspecified atom stereocenters. The molecular weight excluding hydrogens is 311 g/mol. The number of nitrogens with zero attached hydrogens (tertiary/aromatic N) is 7. The summed E-state index contributed by atoms with van der Waals surface area (Å²) in [7, 11) is 1.83. The van der Waals surface area contributed by atoms with E-state index < -0.39 is 5.95 Å². The molecule has 4 aromatic heterocycles. The molecular formula is C15H13FN8. The lowest BCUT2D eigenvalue weighted by atomic mass is 10.3. The van der Waals surface area contributed by atoms with Crippen LogP contribution < -0.4 is 5.32 Å². The molecule has 0 atom stereocenters. The number of fused-ring (bicyclic) bond motifs is 1. The van der Waals surface area contributed by atoms with Crippen LogP contribution in [0.15, 0.2) is 43.1 Å². The van der Waals surface area contributed by atoms with Gasteiger partial charge in [0.25, 0.3) is 0 Å². The Kier molecular flexibility index (Phi) is 3.38. The molecule has 24 heavy (non-hydrogen) atoms. The zero-order valence-electron chi connectivity index (χ0n) is 12.8. The van der Waals surface area contributed by atoms with Gasteiger partial charge >= 0.3 is 0 Å². The lowest BCUT2D eigenvalue weighted by Gasteiger charge is -2.05. The second kappa shape index (κ2) is 5.69. The quantitative estimate of drug-likeness (QED) is 0.577. The molecule has 0 aliphatic carbocycles. The topological polar surface area (TPSA) is 86.3 Å². The first-order valence-corrected chi connectivity index (χ1v) is 7.23. The van der Waals surface area contributed by atoms with Crippen molar-refractivity contribution >= 4 is 22.7 Å². The summed E-state index contributed by atoms with van der Waals surface area (Å²) in [5.74, 6) is -0.0900. The molecule has 4 heterocycles. The van der Waals surface area contributed by atoms with Crippen LogP contribution in [0.1, 0.15) is 5.56 Å². The van der Waals surface area contributed by atoms with Gasteiger partial charge in [0.2, 0.25) is 11.9 Å². The molecule has 0 spiro atoms. The Morgan fingerprint density at radius 2 is 2.08 bits per heavy atom. The summed E-state index contributed by atoms with van der Waals surface area (Å²) in [6.45, 7) is 0.243. The van der Waals surface area contributed by atoms with Crippen LogP contribution in [0.4, 0.5) is 16.0 Å². The van der Waals surface area contributed by atoms with Crippen LogP contribution in [0.2, 0.25) is 0 Å². The van der Waals surface area contributed by atoms with Crippen molar-refractivity contribution < 1.29 is 4.39 Å². The monoisotopic (exact) mass is 324 g/mol. The molecule has 0 saturated heterocycles. The maximum absolute atomic E-state index is 13.7. The molecule has 120 valence electrons. The summed E-state index contributed by atoms with van der Waals surface area (Å²) >= 11 is 0. The van der Waals surface area contributed by atoms with Gasteiger partial charge in [-0.25, -0.2) is 14.6 Å². The molecule has 9 heteroatoms. The molecule has 4 rings (SSSR count). The number of rotatable bonds is 4. The van der Waals surface area contributed by atoms with Gasteiger partial charge in [0.05, 0.1) is 30.0 Å². The van der Waals surface area contributed by atoms with E-state index in [1.54, 1.807) is 40.1 Å². The zero-order valence-corrected chi connectivity index (χ0v) is 12.8. The van der Waals surface area contributed by atoms with Gasteiger partial charge in [0.1, 0.15) is 0 Å². The Hall–Kier alpha value is -3.36. The number of pyridine rings is 1. The van der Waals surface area contributed by atoms with E-state index in [0.717, 1.165) is 11.1 Å².